The van der Waals surface area contributed by atoms with Gasteiger partial charge in [-0.1, -0.05) is 0 Å². The smallest absolute Gasteiger partial charge is 0.409 e. The number of hydrogen-bond donors (Lipinski definition) is 1. The Morgan fingerprint density at radius 3 is 1.68 bits per heavy atom. The van der Waals surface area contributed by atoms with Crippen LogP contribution in [0.1, 0.15) is 41.5 Å². The lowest BCUT2D eigenvalue weighted by molar-refractivity contribution is 0.00578. The molecule has 0 aliphatic carbocycles. The fourth-order valence-electron chi connectivity index (χ4n) is 2.20. The molecule has 2 aliphatic rings. The first-order valence-corrected chi connectivity index (χ1v) is 7.08. The van der Waals surface area contributed by atoms with Crippen LogP contribution >= 0.6 is 0 Å². The average molecular weight is 269 g/mol. The molecule has 2 aliphatic heterocycles. The molecule has 108 valence electrons. The molecule has 2 saturated heterocycles. The van der Waals surface area contributed by atoms with Gasteiger partial charge in [-0.15, -0.1) is 0 Å². The molecule has 0 aromatic heterocycles. The lowest BCUT2D eigenvalue weighted by Gasteiger charge is -2.32. The van der Waals surface area contributed by atoms with Crippen LogP contribution in [0.15, 0.2) is 0 Å². The fraction of sp³-hybridized carbons (Fsp3) is 1.00. The second kappa shape index (κ2) is 5.37. The summed E-state index contributed by atoms with van der Waals surface area (Å²) in [5.41, 5.74) is -0.727. The van der Waals surface area contributed by atoms with Gasteiger partial charge in [-0.25, -0.2) is 0 Å². The second-order valence-corrected chi connectivity index (χ2v) is 6.54. The van der Waals surface area contributed by atoms with Crippen molar-refractivity contribution in [2.24, 2.45) is 0 Å². The molecule has 5 nitrogen and oxygen atoms in total. The highest BCUT2D eigenvalue weighted by Crippen LogP contribution is 2.37. The summed E-state index contributed by atoms with van der Waals surface area (Å²) in [5.74, 6) is 0. The van der Waals surface area contributed by atoms with E-state index < -0.39 is 14.0 Å². The van der Waals surface area contributed by atoms with Gasteiger partial charge in [0.2, 0.25) is 0 Å². The molecule has 0 amide bonds. The van der Waals surface area contributed by atoms with E-state index in [0.717, 1.165) is 13.1 Å². The van der Waals surface area contributed by atoms with Crippen LogP contribution in [0.3, 0.4) is 0 Å². The van der Waals surface area contributed by atoms with E-state index in [-0.39, 0.29) is 23.4 Å². The van der Waals surface area contributed by atoms with E-state index in [1.165, 1.54) is 0 Å². The monoisotopic (exact) mass is 269 g/mol. The zero-order valence-corrected chi connectivity index (χ0v) is 12.9. The van der Waals surface area contributed by atoms with Crippen LogP contribution < -0.4 is 5.32 Å². The molecule has 2 heterocycles. The molecule has 2 atom stereocenters. The highest BCUT2D eigenvalue weighted by molar-refractivity contribution is 7.11. The van der Waals surface area contributed by atoms with E-state index >= 15 is 0 Å². The van der Waals surface area contributed by atoms with E-state index in [1.54, 1.807) is 0 Å². The predicted molar refractivity (Wildman–Crippen MR) is 75.8 cm³/mol. The van der Waals surface area contributed by atoms with Crippen molar-refractivity contribution in [3.8, 4) is 0 Å². The molecule has 2 rings (SSSR count). The molecule has 0 radical (unpaired) electrons. The Morgan fingerprint density at radius 2 is 1.26 bits per heavy atom. The molecule has 2 unspecified atom stereocenters. The number of rotatable bonds is 1. The summed E-state index contributed by atoms with van der Waals surface area (Å²) in [6, 6.07) is 0. The minimum atomic E-state index is -0.479. The molecule has 0 bridgehead atoms. The molecule has 0 spiro atoms. The predicted octanol–water partition coefficient (Wildman–Crippen LogP) is 1.06. The third-order valence-electron chi connectivity index (χ3n) is 4.09. The maximum absolute atomic E-state index is 6.00. The summed E-state index contributed by atoms with van der Waals surface area (Å²) in [4.78, 5) is 0. The zero-order valence-electron chi connectivity index (χ0n) is 12.9. The standard InChI is InChI=1S/C12H25B2NO4/c1-9-7-15-8-10(2)17-13(16-9)14-18-11(3,4)12(5,6)19-14/h9-10,15H,7-8H2,1-6H3. The van der Waals surface area contributed by atoms with Gasteiger partial charge in [0.25, 0.3) is 0 Å². The van der Waals surface area contributed by atoms with E-state index in [2.05, 4.69) is 5.32 Å². The van der Waals surface area contributed by atoms with Crippen LogP contribution in [-0.4, -0.2) is 50.5 Å². The number of hydrogen-bond acceptors (Lipinski definition) is 5. The van der Waals surface area contributed by atoms with Crippen molar-refractivity contribution in [1.82, 2.24) is 5.32 Å². The summed E-state index contributed by atoms with van der Waals surface area (Å²) in [5, 5.41) is 3.30. The van der Waals surface area contributed by atoms with Crippen LogP contribution in [0.5, 0.6) is 0 Å². The van der Waals surface area contributed by atoms with Crippen molar-refractivity contribution in [2.75, 3.05) is 13.1 Å². The maximum Gasteiger partial charge on any atom is 0.488 e. The first kappa shape index (κ1) is 15.3. The first-order valence-electron chi connectivity index (χ1n) is 7.08. The molecule has 19 heavy (non-hydrogen) atoms. The van der Waals surface area contributed by atoms with Crippen molar-refractivity contribution in [1.29, 1.82) is 0 Å². The van der Waals surface area contributed by atoms with Crippen molar-refractivity contribution >= 4 is 14.0 Å². The highest BCUT2D eigenvalue weighted by Gasteiger charge is 2.57. The van der Waals surface area contributed by atoms with Gasteiger partial charge in [-0.3, -0.25) is 0 Å². The molecule has 7 heteroatoms. The number of nitrogens with one attached hydrogen (secondary N) is 1. The van der Waals surface area contributed by atoms with Crippen LogP contribution in [0.4, 0.5) is 0 Å². The molecule has 2 fully saturated rings. The highest BCUT2D eigenvalue weighted by atomic mass is 16.7. The summed E-state index contributed by atoms with van der Waals surface area (Å²) >= 11 is 0. The van der Waals surface area contributed by atoms with Crippen LogP contribution in [0.2, 0.25) is 0 Å². The van der Waals surface area contributed by atoms with Crippen LogP contribution in [-0.2, 0) is 18.6 Å². The SMILES string of the molecule is CC1CNCC(C)OB(B2OC(C)(C)C(C)(C)O2)O1. The van der Waals surface area contributed by atoms with Crippen LogP contribution in [0, 0.1) is 0 Å². The van der Waals surface area contributed by atoms with E-state index in [9.17, 15) is 0 Å². The summed E-state index contributed by atoms with van der Waals surface area (Å²) < 4.78 is 23.8. The van der Waals surface area contributed by atoms with Crippen molar-refractivity contribution < 1.29 is 18.6 Å². The second-order valence-electron chi connectivity index (χ2n) is 6.54. The Hall–Kier alpha value is -0.0701. The molecule has 0 aromatic rings. The minimum Gasteiger partial charge on any atom is -0.409 e. The zero-order chi connectivity index (χ0) is 14.3. The molecular weight excluding hydrogens is 244 g/mol. The van der Waals surface area contributed by atoms with Gasteiger partial charge in [0.1, 0.15) is 0 Å². The van der Waals surface area contributed by atoms with Gasteiger partial charge in [-0.05, 0) is 41.5 Å². The van der Waals surface area contributed by atoms with Crippen molar-refractivity contribution in [2.45, 2.75) is 65.0 Å². The molecule has 0 saturated carbocycles. The summed E-state index contributed by atoms with van der Waals surface area (Å²) in [6.45, 7) is 13.8. The largest absolute Gasteiger partial charge is 0.488 e. The Bertz CT molecular complexity index is 299. The van der Waals surface area contributed by atoms with Gasteiger partial charge in [0.05, 0.1) is 23.4 Å². The van der Waals surface area contributed by atoms with Gasteiger partial charge in [-0.2, -0.15) is 0 Å². The van der Waals surface area contributed by atoms with E-state index in [0.29, 0.717) is 0 Å². The summed E-state index contributed by atoms with van der Waals surface area (Å²) in [6.07, 6.45) is 0.132. The molecule has 1 N–H and O–H groups in total. The quantitative estimate of drug-likeness (QED) is 0.721. The Kier molecular flexibility index (Phi) is 4.33. The van der Waals surface area contributed by atoms with Gasteiger partial charge in [0.15, 0.2) is 0 Å². The third kappa shape index (κ3) is 3.34. The van der Waals surface area contributed by atoms with E-state index in [1.807, 2.05) is 41.5 Å². The molecule has 0 aromatic carbocycles. The molecular formula is C12H25B2NO4. The Morgan fingerprint density at radius 1 is 0.842 bits per heavy atom. The van der Waals surface area contributed by atoms with Crippen molar-refractivity contribution in [3.63, 3.8) is 0 Å². The third-order valence-corrected chi connectivity index (χ3v) is 4.09. The maximum atomic E-state index is 6.00. The topological polar surface area (TPSA) is 49.0 Å². The fourth-order valence-corrected chi connectivity index (χ4v) is 2.20. The van der Waals surface area contributed by atoms with Gasteiger partial charge < -0.3 is 23.9 Å². The normalized spacial score (nSPS) is 35.1. The lowest BCUT2D eigenvalue weighted by Crippen LogP contribution is -2.52. The average Bonchev–Trinajstić information content (AvgIpc) is 2.44. The minimum absolute atomic E-state index is 0.0662. The first-order chi connectivity index (χ1) is 8.71. The van der Waals surface area contributed by atoms with Crippen molar-refractivity contribution in [3.05, 3.63) is 0 Å². The van der Waals surface area contributed by atoms with Crippen LogP contribution in [0.25, 0.3) is 0 Å². The van der Waals surface area contributed by atoms with Gasteiger partial charge in [0, 0.05) is 13.1 Å². The summed E-state index contributed by atoms with van der Waals surface area (Å²) in [7, 11) is -0.957. The van der Waals surface area contributed by atoms with E-state index in [4.69, 9.17) is 18.6 Å². The Balaban J connectivity index is 2.07. The van der Waals surface area contributed by atoms with Gasteiger partial charge >= 0.3 is 14.0 Å². The Labute approximate surface area is 117 Å². The lowest BCUT2D eigenvalue weighted by atomic mass is 9.48.